The highest BCUT2D eigenvalue weighted by Gasteiger charge is 2.15. The van der Waals surface area contributed by atoms with Crippen molar-refractivity contribution in [3.05, 3.63) is 34.6 Å². The second kappa shape index (κ2) is 4.59. The van der Waals surface area contributed by atoms with Gasteiger partial charge in [-0.2, -0.15) is 9.97 Å². The molecule has 2 heterocycles. The standard InChI is InChI=1S/C13H11ClN2O3/c1-7-8(2)15-13(16-12(7)14)19-9-3-4-10-11(5-9)18-6-17-10/h3-5H,6H2,1-2H3. The van der Waals surface area contributed by atoms with E-state index in [2.05, 4.69) is 9.97 Å². The van der Waals surface area contributed by atoms with Crippen molar-refractivity contribution in [3.8, 4) is 23.3 Å². The first-order valence-corrected chi connectivity index (χ1v) is 6.09. The molecule has 0 saturated carbocycles. The highest BCUT2D eigenvalue weighted by molar-refractivity contribution is 6.30. The van der Waals surface area contributed by atoms with E-state index in [4.69, 9.17) is 25.8 Å². The third-order valence-corrected chi connectivity index (χ3v) is 3.23. The fourth-order valence-corrected chi connectivity index (χ4v) is 1.87. The zero-order valence-corrected chi connectivity index (χ0v) is 11.2. The largest absolute Gasteiger partial charge is 0.454 e. The minimum Gasteiger partial charge on any atom is -0.454 e. The van der Waals surface area contributed by atoms with Gasteiger partial charge < -0.3 is 14.2 Å². The Morgan fingerprint density at radius 1 is 1.16 bits per heavy atom. The van der Waals surface area contributed by atoms with Crippen molar-refractivity contribution in [1.29, 1.82) is 0 Å². The number of aryl methyl sites for hydroxylation is 1. The van der Waals surface area contributed by atoms with Crippen molar-refractivity contribution >= 4 is 11.6 Å². The van der Waals surface area contributed by atoms with Gasteiger partial charge in [0.2, 0.25) is 6.79 Å². The van der Waals surface area contributed by atoms with Crippen LogP contribution in [0.25, 0.3) is 0 Å². The smallest absolute Gasteiger partial charge is 0.323 e. The lowest BCUT2D eigenvalue weighted by molar-refractivity contribution is 0.174. The monoisotopic (exact) mass is 278 g/mol. The van der Waals surface area contributed by atoms with Crippen molar-refractivity contribution in [2.75, 3.05) is 6.79 Å². The van der Waals surface area contributed by atoms with Crippen LogP contribution in [0.2, 0.25) is 5.15 Å². The molecule has 0 fully saturated rings. The number of ether oxygens (including phenoxy) is 3. The van der Waals surface area contributed by atoms with Crippen LogP contribution >= 0.6 is 11.6 Å². The summed E-state index contributed by atoms with van der Waals surface area (Å²) in [5, 5.41) is 0.392. The lowest BCUT2D eigenvalue weighted by atomic mass is 10.3. The van der Waals surface area contributed by atoms with Gasteiger partial charge in [-0.05, 0) is 26.0 Å². The molecule has 6 heteroatoms. The zero-order valence-electron chi connectivity index (χ0n) is 10.4. The van der Waals surface area contributed by atoms with Gasteiger partial charge in [0, 0.05) is 17.3 Å². The number of hydrogen-bond acceptors (Lipinski definition) is 5. The maximum absolute atomic E-state index is 6.00. The number of halogens is 1. The van der Waals surface area contributed by atoms with Gasteiger partial charge in [0.15, 0.2) is 11.5 Å². The molecular formula is C13H11ClN2O3. The van der Waals surface area contributed by atoms with E-state index in [9.17, 15) is 0 Å². The number of hydrogen-bond donors (Lipinski definition) is 0. The fraction of sp³-hybridized carbons (Fsp3) is 0.231. The molecule has 0 N–H and O–H groups in total. The van der Waals surface area contributed by atoms with E-state index in [1.54, 1.807) is 18.2 Å². The van der Waals surface area contributed by atoms with Crippen molar-refractivity contribution in [2.24, 2.45) is 0 Å². The fourth-order valence-electron chi connectivity index (χ4n) is 1.66. The van der Waals surface area contributed by atoms with Crippen LogP contribution in [0, 0.1) is 13.8 Å². The second-order valence-corrected chi connectivity index (χ2v) is 4.48. The van der Waals surface area contributed by atoms with E-state index in [-0.39, 0.29) is 12.8 Å². The van der Waals surface area contributed by atoms with E-state index < -0.39 is 0 Å². The lowest BCUT2D eigenvalue weighted by Gasteiger charge is -2.07. The third kappa shape index (κ3) is 2.29. The SMILES string of the molecule is Cc1nc(Oc2ccc3c(c2)OCO3)nc(Cl)c1C. The number of nitrogens with zero attached hydrogens (tertiary/aromatic N) is 2. The summed E-state index contributed by atoms with van der Waals surface area (Å²) in [5.41, 5.74) is 1.63. The van der Waals surface area contributed by atoms with Gasteiger partial charge in [-0.25, -0.2) is 0 Å². The first-order chi connectivity index (χ1) is 9.13. The summed E-state index contributed by atoms with van der Waals surface area (Å²) in [7, 11) is 0. The van der Waals surface area contributed by atoms with Gasteiger partial charge in [0.05, 0.1) is 0 Å². The van der Waals surface area contributed by atoms with Crippen LogP contribution < -0.4 is 14.2 Å². The van der Waals surface area contributed by atoms with Crippen LogP contribution in [0.3, 0.4) is 0 Å². The summed E-state index contributed by atoms with van der Waals surface area (Å²) < 4.78 is 16.1. The molecule has 98 valence electrons. The summed E-state index contributed by atoms with van der Waals surface area (Å²) in [5.74, 6) is 1.92. The van der Waals surface area contributed by atoms with Gasteiger partial charge in [-0.15, -0.1) is 0 Å². The Balaban J connectivity index is 1.89. The Bertz CT molecular complexity index is 623. The minimum absolute atomic E-state index is 0.215. The number of fused-ring (bicyclic) bond motifs is 1. The molecule has 0 atom stereocenters. The van der Waals surface area contributed by atoms with Crippen molar-refractivity contribution in [1.82, 2.24) is 9.97 Å². The molecule has 0 amide bonds. The molecule has 0 radical (unpaired) electrons. The maximum Gasteiger partial charge on any atom is 0.323 e. The average molecular weight is 279 g/mol. The summed E-state index contributed by atoms with van der Waals surface area (Å²) >= 11 is 6.00. The van der Waals surface area contributed by atoms with Crippen molar-refractivity contribution in [2.45, 2.75) is 13.8 Å². The van der Waals surface area contributed by atoms with Gasteiger partial charge >= 0.3 is 6.01 Å². The molecule has 5 nitrogen and oxygen atoms in total. The normalized spacial score (nSPS) is 12.6. The highest BCUT2D eigenvalue weighted by atomic mass is 35.5. The van der Waals surface area contributed by atoms with E-state index in [0.717, 1.165) is 11.3 Å². The number of aromatic nitrogens is 2. The Morgan fingerprint density at radius 2 is 1.95 bits per heavy atom. The topological polar surface area (TPSA) is 53.5 Å². The van der Waals surface area contributed by atoms with E-state index in [1.807, 2.05) is 13.8 Å². The highest BCUT2D eigenvalue weighted by Crippen LogP contribution is 2.36. The molecule has 1 aromatic heterocycles. The van der Waals surface area contributed by atoms with Crippen LogP contribution in [0.1, 0.15) is 11.3 Å². The molecule has 0 unspecified atom stereocenters. The van der Waals surface area contributed by atoms with Gasteiger partial charge in [-0.1, -0.05) is 11.6 Å². The van der Waals surface area contributed by atoms with Crippen LogP contribution in [0.4, 0.5) is 0 Å². The average Bonchev–Trinajstić information content (AvgIpc) is 2.83. The van der Waals surface area contributed by atoms with Gasteiger partial charge in [0.1, 0.15) is 10.9 Å². The second-order valence-electron chi connectivity index (χ2n) is 4.12. The quantitative estimate of drug-likeness (QED) is 0.789. The van der Waals surface area contributed by atoms with E-state index in [1.165, 1.54) is 0 Å². The van der Waals surface area contributed by atoms with E-state index >= 15 is 0 Å². The molecule has 0 saturated heterocycles. The first-order valence-electron chi connectivity index (χ1n) is 5.72. The van der Waals surface area contributed by atoms with Crippen LogP contribution in [0.15, 0.2) is 18.2 Å². The third-order valence-electron chi connectivity index (χ3n) is 2.86. The number of benzene rings is 1. The lowest BCUT2D eigenvalue weighted by Crippen LogP contribution is -1.97. The molecule has 2 aromatic rings. The molecule has 0 spiro atoms. The van der Waals surface area contributed by atoms with Crippen molar-refractivity contribution in [3.63, 3.8) is 0 Å². The predicted molar refractivity (Wildman–Crippen MR) is 69.2 cm³/mol. The Labute approximate surface area is 115 Å². The van der Waals surface area contributed by atoms with Crippen LogP contribution in [-0.2, 0) is 0 Å². The van der Waals surface area contributed by atoms with Crippen LogP contribution in [-0.4, -0.2) is 16.8 Å². The zero-order chi connectivity index (χ0) is 13.4. The Morgan fingerprint density at radius 3 is 2.74 bits per heavy atom. The predicted octanol–water partition coefficient (Wildman–Crippen LogP) is 3.27. The van der Waals surface area contributed by atoms with E-state index in [0.29, 0.717) is 22.4 Å². The van der Waals surface area contributed by atoms with Gasteiger partial charge in [-0.3, -0.25) is 0 Å². The molecular weight excluding hydrogens is 268 g/mol. The number of rotatable bonds is 2. The molecule has 1 aromatic carbocycles. The van der Waals surface area contributed by atoms with Gasteiger partial charge in [0.25, 0.3) is 0 Å². The molecule has 0 aliphatic carbocycles. The molecule has 0 bridgehead atoms. The maximum atomic E-state index is 6.00. The summed E-state index contributed by atoms with van der Waals surface area (Å²) in [4.78, 5) is 8.31. The minimum atomic E-state index is 0.215. The van der Waals surface area contributed by atoms with Crippen LogP contribution in [0.5, 0.6) is 23.3 Å². The molecule has 19 heavy (non-hydrogen) atoms. The summed E-state index contributed by atoms with van der Waals surface area (Å²) in [6.45, 7) is 3.95. The molecule has 1 aliphatic heterocycles. The summed E-state index contributed by atoms with van der Waals surface area (Å²) in [6.07, 6.45) is 0. The van der Waals surface area contributed by atoms with Crippen molar-refractivity contribution < 1.29 is 14.2 Å². The Hall–Kier alpha value is -2.01. The molecule has 3 rings (SSSR count). The molecule has 1 aliphatic rings. The first kappa shape index (κ1) is 12.0. The Kier molecular flexibility index (Phi) is 2.91. The summed E-state index contributed by atoms with van der Waals surface area (Å²) in [6, 6.07) is 5.49.